The van der Waals surface area contributed by atoms with E-state index in [2.05, 4.69) is 6.92 Å². The van der Waals surface area contributed by atoms with Crippen molar-refractivity contribution in [3.63, 3.8) is 0 Å². The Bertz CT molecular complexity index is 788. The Labute approximate surface area is 198 Å². The number of ether oxygens (including phenoxy) is 1. The fourth-order valence-corrected chi connectivity index (χ4v) is 3.01. The summed E-state index contributed by atoms with van der Waals surface area (Å²) in [5, 5.41) is 12.0. The first-order valence-corrected chi connectivity index (χ1v) is 9.89. The summed E-state index contributed by atoms with van der Waals surface area (Å²) in [6.45, 7) is 2.18. The molecule has 1 N–H and O–H groups in total. The fourth-order valence-electron chi connectivity index (χ4n) is 2.53. The molecule has 0 unspecified atom stereocenters. The second kappa shape index (κ2) is 11.4. The average molecular weight is 403 g/mol. The second-order valence-electron chi connectivity index (χ2n) is 5.99. The first kappa shape index (κ1) is 23.6. The van der Waals surface area contributed by atoms with E-state index in [-0.39, 0.29) is 67.8 Å². The Balaban J connectivity index is 0.00000338. The van der Waals surface area contributed by atoms with Gasteiger partial charge in [0.25, 0.3) is 10.1 Å². The number of unbranched alkanes of at least 4 members (excludes halogenated alkanes) is 4. The summed E-state index contributed by atoms with van der Waals surface area (Å²) in [6, 6.07) is 10.3. The Morgan fingerprint density at radius 2 is 1.65 bits per heavy atom. The third kappa shape index (κ3) is 7.68. The maximum atomic E-state index is 12.0. The molecule has 0 aromatic heterocycles. The van der Waals surface area contributed by atoms with Gasteiger partial charge in [0.2, 0.25) is 0 Å². The second-order valence-corrected chi connectivity index (χ2v) is 7.42. The van der Waals surface area contributed by atoms with Gasteiger partial charge in [-0.15, -0.1) is 0 Å². The minimum absolute atomic E-state index is 0. The van der Waals surface area contributed by atoms with Crippen LogP contribution in [0.4, 0.5) is 0 Å². The van der Waals surface area contributed by atoms with Crippen molar-refractivity contribution in [2.24, 2.45) is 0 Å². The molecule has 0 radical (unpaired) electrons. The summed E-state index contributed by atoms with van der Waals surface area (Å²) in [6.07, 6.45) is 6.80. The number of rotatable bonds is 9. The van der Waals surface area contributed by atoms with Gasteiger partial charge in [0.1, 0.15) is 11.5 Å². The molecule has 0 spiro atoms. The molecule has 0 aliphatic carbocycles. The van der Waals surface area contributed by atoms with Gasteiger partial charge in [0, 0.05) is 0 Å². The van der Waals surface area contributed by atoms with Gasteiger partial charge in [-0.25, -0.2) is 0 Å². The van der Waals surface area contributed by atoms with Crippen LogP contribution in [0.3, 0.4) is 0 Å². The number of hydrogen-bond acceptors (Lipinski definition) is 4. The molecule has 0 saturated heterocycles. The van der Waals surface area contributed by atoms with Gasteiger partial charge in [0.05, 0.1) is 4.90 Å². The van der Waals surface area contributed by atoms with Crippen molar-refractivity contribution in [1.29, 1.82) is 0 Å². The van der Waals surface area contributed by atoms with E-state index in [4.69, 9.17) is 9.29 Å². The fraction of sp³-hybridized carbons (Fsp3) is 0.368. The zero-order chi connectivity index (χ0) is 18.3. The normalized spacial score (nSPS) is 11.0. The summed E-state index contributed by atoms with van der Waals surface area (Å²) >= 11 is 0. The monoisotopic (exact) mass is 402 g/mol. The minimum Gasteiger partial charge on any atom is -0.870 e. The van der Waals surface area contributed by atoms with Crippen LogP contribution < -0.4 is 61.2 Å². The summed E-state index contributed by atoms with van der Waals surface area (Å²) < 4.78 is 36.6. The van der Waals surface area contributed by atoms with Crippen LogP contribution in [0.1, 0.15) is 44.6 Å². The zero-order valence-corrected chi connectivity index (χ0v) is 19.2. The SMILES string of the molecule is CCCCCCCc1ccc([O-])c(Oc2ccc(S(=O)(=O)O)cc2)c1.[K+]. The van der Waals surface area contributed by atoms with E-state index in [0.29, 0.717) is 5.75 Å². The van der Waals surface area contributed by atoms with E-state index in [1.807, 2.05) is 6.07 Å². The van der Waals surface area contributed by atoms with E-state index in [0.717, 1.165) is 18.4 Å². The third-order valence-corrected chi connectivity index (χ3v) is 4.79. The van der Waals surface area contributed by atoms with Crippen LogP contribution in [0.25, 0.3) is 0 Å². The first-order valence-electron chi connectivity index (χ1n) is 8.45. The predicted molar refractivity (Wildman–Crippen MR) is 94.7 cm³/mol. The number of benzene rings is 2. The van der Waals surface area contributed by atoms with Crippen molar-refractivity contribution in [3.05, 3.63) is 48.0 Å². The molecule has 2 aromatic carbocycles. The number of aryl methyl sites for hydroxylation is 1. The Morgan fingerprint density at radius 3 is 2.27 bits per heavy atom. The molecule has 0 amide bonds. The van der Waals surface area contributed by atoms with E-state index >= 15 is 0 Å². The van der Waals surface area contributed by atoms with Gasteiger partial charge < -0.3 is 9.84 Å². The van der Waals surface area contributed by atoms with Crippen LogP contribution in [0.2, 0.25) is 0 Å². The molecule has 0 atom stereocenters. The maximum Gasteiger partial charge on any atom is 1.00 e. The van der Waals surface area contributed by atoms with Crippen LogP contribution >= 0.6 is 0 Å². The topological polar surface area (TPSA) is 86.7 Å². The maximum absolute atomic E-state index is 12.0. The Hall–Kier alpha value is -0.414. The van der Waals surface area contributed by atoms with Gasteiger partial charge in [-0.3, -0.25) is 4.55 Å². The van der Waals surface area contributed by atoms with Crippen molar-refractivity contribution in [2.75, 3.05) is 0 Å². The summed E-state index contributed by atoms with van der Waals surface area (Å²) in [7, 11) is -4.24. The molecular weight excluding hydrogens is 379 g/mol. The standard InChI is InChI=1S/C19H24O5S.K/c1-2-3-4-5-6-7-15-8-13-18(20)19(14-15)24-16-9-11-17(12-10-16)25(21,22)23;/h8-14,20H,2-7H2,1H3,(H,21,22,23);/q;+1/p-1. The summed E-state index contributed by atoms with van der Waals surface area (Å²) in [5.41, 5.74) is 1.04. The van der Waals surface area contributed by atoms with Gasteiger partial charge in [-0.1, -0.05) is 50.5 Å². The molecule has 0 aliphatic rings. The van der Waals surface area contributed by atoms with E-state index < -0.39 is 10.1 Å². The Morgan fingerprint density at radius 1 is 1.00 bits per heavy atom. The van der Waals surface area contributed by atoms with Crippen LogP contribution in [0, 0.1) is 0 Å². The largest absolute Gasteiger partial charge is 1.00 e. The van der Waals surface area contributed by atoms with Gasteiger partial charge in [0.15, 0.2) is 0 Å². The summed E-state index contributed by atoms with van der Waals surface area (Å²) in [4.78, 5) is -0.219. The van der Waals surface area contributed by atoms with Crippen molar-refractivity contribution in [3.8, 4) is 17.2 Å². The molecule has 0 heterocycles. The van der Waals surface area contributed by atoms with Gasteiger partial charge >= 0.3 is 51.4 Å². The molecule has 5 nitrogen and oxygen atoms in total. The number of hydrogen-bond donors (Lipinski definition) is 1. The van der Waals surface area contributed by atoms with Gasteiger partial charge in [-0.05, 0) is 48.7 Å². The van der Waals surface area contributed by atoms with Crippen molar-refractivity contribution >= 4 is 10.1 Å². The van der Waals surface area contributed by atoms with Crippen molar-refractivity contribution in [1.82, 2.24) is 0 Å². The zero-order valence-electron chi connectivity index (χ0n) is 15.3. The minimum atomic E-state index is -4.24. The van der Waals surface area contributed by atoms with Crippen LogP contribution in [0.15, 0.2) is 47.4 Å². The third-order valence-electron chi connectivity index (χ3n) is 3.93. The van der Waals surface area contributed by atoms with Gasteiger partial charge in [-0.2, -0.15) is 8.42 Å². The molecular formula is C19H23KO5S. The first-order chi connectivity index (χ1) is 11.9. The predicted octanol–water partition coefficient (Wildman–Crippen LogP) is 1.32. The van der Waals surface area contributed by atoms with E-state index in [1.54, 1.807) is 6.07 Å². The smallest absolute Gasteiger partial charge is 0.870 e. The molecule has 7 heteroatoms. The van der Waals surface area contributed by atoms with Crippen molar-refractivity contribution in [2.45, 2.75) is 50.3 Å². The molecule has 2 rings (SSSR count). The molecule has 26 heavy (non-hydrogen) atoms. The van der Waals surface area contributed by atoms with Crippen LogP contribution in [-0.4, -0.2) is 13.0 Å². The molecule has 136 valence electrons. The average Bonchev–Trinajstić information content (AvgIpc) is 2.57. The van der Waals surface area contributed by atoms with Crippen LogP contribution in [0.5, 0.6) is 17.2 Å². The molecule has 2 aromatic rings. The summed E-state index contributed by atoms with van der Waals surface area (Å²) in [5.74, 6) is 0.323. The van der Waals surface area contributed by atoms with Crippen LogP contribution in [-0.2, 0) is 16.5 Å². The molecule has 0 saturated carbocycles. The van der Waals surface area contributed by atoms with E-state index in [1.165, 1.54) is 56.0 Å². The molecule has 0 fully saturated rings. The van der Waals surface area contributed by atoms with Crippen molar-refractivity contribution < 1.29 is 74.2 Å². The Kier molecular flexibility index (Phi) is 10.4. The quantitative estimate of drug-likeness (QED) is 0.388. The molecule has 0 aliphatic heterocycles. The molecule has 0 bridgehead atoms. The van der Waals surface area contributed by atoms with E-state index in [9.17, 15) is 13.5 Å².